The van der Waals surface area contributed by atoms with Gasteiger partial charge in [-0.15, -0.1) is 0 Å². The van der Waals surface area contributed by atoms with Gasteiger partial charge >= 0.3 is 0 Å². The molecular formula is C18H20N2O2. The number of nitrogens with one attached hydrogen (secondary N) is 2. The van der Waals surface area contributed by atoms with Gasteiger partial charge in [0, 0.05) is 5.69 Å². The second-order valence-electron chi connectivity index (χ2n) is 5.58. The molecule has 0 aromatic heterocycles. The largest absolute Gasteiger partial charge is 0.508 e. The van der Waals surface area contributed by atoms with Crippen LogP contribution in [-0.4, -0.2) is 24.1 Å². The van der Waals surface area contributed by atoms with E-state index >= 15 is 0 Å². The summed E-state index contributed by atoms with van der Waals surface area (Å²) in [6, 6.07) is 13.4. The van der Waals surface area contributed by atoms with E-state index in [0.717, 1.165) is 37.2 Å². The third-order valence-corrected chi connectivity index (χ3v) is 3.98. The van der Waals surface area contributed by atoms with Crippen LogP contribution in [0.5, 0.6) is 5.75 Å². The van der Waals surface area contributed by atoms with Gasteiger partial charge in [-0.25, -0.2) is 0 Å². The van der Waals surface area contributed by atoms with Crippen molar-refractivity contribution in [3.05, 3.63) is 59.2 Å². The second kappa shape index (κ2) is 6.62. The van der Waals surface area contributed by atoms with E-state index in [2.05, 4.69) is 16.7 Å². The van der Waals surface area contributed by atoms with Crippen molar-refractivity contribution < 1.29 is 9.90 Å². The van der Waals surface area contributed by atoms with Crippen LogP contribution in [0.25, 0.3) is 0 Å². The number of benzene rings is 2. The number of amides is 1. The van der Waals surface area contributed by atoms with Gasteiger partial charge in [-0.1, -0.05) is 24.3 Å². The van der Waals surface area contributed by atoms with Crippen LogP contribution in [-0.2, 0) is 24.1 Å². The number of fused-ring (bicyclic) bond motifs is 1. The second-order valence-corrected chi connectivity index (χ2v) is 5.58. The number of hydrogen-bond acceptors (Lipinski definition) is 3. The molecular weight excluding hydrogens is 276 g/mol. The van der Waals surface area contributed by atoms with Crippen molar-refractivity contribution in [3.8, 4) is 5.75 Å². The lowest BCUT2D eigenvalue weighted by Crippen LogP contribution is -2.20. The highest BCUT2D eigenvalue weighted by Gasteiger charge is 2.19. The Balaban J connectivity index is 1.45. The standard InChI is InChI=1S/C18H20N2O2/c21-15-6-4-13(5-7-15)8-10-19-11-9-14-2-1-3-17-16(14)12-18(22)20-17/h1-7,19,21H,8-12H2,(H,20,22). The van der Waals surface area contributed by atoms with Crippen molar-refractivity contribution in [1.29, 1.82) is 0 Å². The molecule has 1 aliphatic heterocycles. The molecule has 0 saturated carbocycles. The van der Waals surface area contributed by atoms with Crippen molar-refractivity contribution in [2.75, 3.05) is 18.4 Å². The van der Waals surface area contributed by atoms with E-state index in [-0.39, 0.29) is 5.91 Å². The molecule has 0 fully saturated rings. The monoisotopic (exact) mass is 296 g/mol. The molecule has 0 bridgehead atoms. The smallest absolute Gasteiger partial charge is 0.228 e. The van der Waals surface area contributed by atoms with E-state index in [1.807, 2.05) is 24.3 Å². The molecule has 1 heterocycles. The Morgan fingerprint density at radius 2 is 1.82 bits per heavy atom. The molecule has 4 nitrogen and oxygen atoms in total. The van der Waals surface area contributed by atoms with Gasteiger partial charge in [0.2, 0.25) is 5.91 Å². The quantitative estimate of drug-likeness (QED) is 0.717. The third-order valence-electron chi connectivity index (χ3n) is 3.98. The summed E-state index contributed by atoms with van der Waals surface area (Å²) in [5.74, 6) is 0.389. The van der Waals surface area contributed by atoms with Crippen LogP contribution in [0.2, 0.25) is 0 Å². The Bertz CT molecular complexity index is 665. The Morgan fingerprint density at radius 3 is 2.64 bits per heavy atom. The number of phenolic OH excluding ortho intramolecular Hbond substituents is 1. The van der Waals surface area contributed by atoms with Crippen LogP contribution in [0, 0.1) is 0 Å². The van der Waals surface area contributed by atoms with E-state index in [1.54, 1.807) is 12.1 Å². The molecule has 0 unspecified atom stereocenters. The molecule has 2 aromatic carbocycles. The van der Waals surface area contributed by atoms with Crippen LogP contribution in [0.4, 0.5) is 5.69 Å². The fourth-order valence-electron chi connectivity index (χ4n) is 2.79. The molecule has 0 spiro atoms. The molecule has 2 aromatic rings. The van der Waals surface area contributed by atoms with Crippen LogP contribution < -0.4 is 10.6 Å². The van der Waals surface area contributed by atoms with Gasteiger partial charge in [0.25, 0.3) is 0 Å². The van der Waals surface area contributed by atoms with Gasteiger partial charge in [0.05, 0.1) is 6.42 Å². The summed E-state index contributed by atoms with van der Waals surface area (Å²) >= 11 is 0. The summed E-state index contributed by atoms with van der Waals surface area (Å²) in [6.07, 6.45) is 2.36. The summed E-state index contributed by atoms with van der Waals surface area (Å²) in [4.78, 5) is 11.5. The average molecular weight is 296 g/mol. The first-order valence-corrected chi connectivity index (χ1v) is 7.61. The fourth-order valence-corrected chi connectivity index (χ4v) is 2.79. The van der Waals surface area contributed by atoms with Crippen molar-refractivity contribution in [2.45, 2.75) is 19.3 Å². The molecule has 0 saturated heterocycles. The van der Waals surface area contributed by atoms with E-state index < -0.39 is 0 Å². The predicted molar refractivity (Wildman–Crippen MR) is 87.2 cm³/mol. The van der Waals surface area contributed by atoms with Crippen molar-refractivity contribution in [2.24, 2.45) is 0 Å². The zero-order chi connectivity index (χ0) is 15.4. The number of carbonyl (C=O) groups excluding carboxylic acids is 1. The number of anilines is 1. The Kier molecular flexibility index (Phi) is 4.39. The first-order chi connectivity index (χ1) is 10.7. The first kappa shape index (κ1) is 14.6. The zero-order valence-electron chi connectivity index (χ0n) is 12.4. The minimum atomic E-state index is 0.0859. The van der Waals surface area contributed by atoms with E-state index in [0.29, 0.717) is 12.2 Å². The van der Waals surface area contributed by atoms with E-state index in [4.69, 9.17) is 0 Å². The Labute approximate surface area is 130 Å². The highest BCUT2D eigenvalue weighted by molar-refractivity contribution is 5.99. The molecule has 3 rings (SSSR count). The Morgan fingerprint density at radius 1 is 1.05 bits per heavy atom. The minimum Gasteiger partial charge on any atom is -0.508 e. The summed E-state index contributed by atoms with van der Waals surface area (Å²) in [5.41, 5.74) is 4.56. The molecule has 114 valence electrons. The van der Waals surface area contributed by atoms with Gasteiger partial charge in [-0.3, -0.25) is 4.79 Å². The van der Waals surface area contributed by atoms with E-state index in [1.165, 1.54) is 11.1 Å². The molecule has 0 radical (unpaired) electrons. The summed E-state index contributed by atoms with van der Waals surface area (Å²) in [6.45, 7) is 1.79. The SMILES string of the molecule is O=C1Cc2c(CCNCCc3ccc(O)cc3)cccc2N1. The lowest BCUT2D eigenvalue weighted by atomic mass is 10.0. The Hall–Kier alpha value is -2.33. The van der Waals surface area contributed by atoms with Gasteiger partial charge in [-0.2, -0.15) is 0 Å². The van der Waals surface area contributed by atoms with Crippen molar-refractivity contribution >= 4 is 11.6 Å². The summed E-state index contributed by atoms with van der Waals surface area (Å²) < 4.78 is 0. The summed E-state index contributed by atoms with van der Waals surface area (Å²) in [5, 5.41) is 15.6. The molecule has 0 aliphatic carbocycles. The minimum absolute atomic E-state index is 0.0859. The lowest BCUT2D eigenvalue weighted by Gasteiger charge is -2.08. The highest BCUT2D eigenvalue weighted by Crippen LogP contribution is 2.26. The van der Waals surface area contributed by atoms with Gasteiger partial charge in [0.15, 0.2) is 0 Å². The molecule has 4 heteroatoms. The third kappa shape index (κ3) is 3.46. The van der Waals surface area contributed by atoms with E-state index in [9.17, 15) is 9.90 Å². The van der Waals surface area contributed by atoms with Crippen molar-refractivity contribution in [1.82, 2.24) is 5.32 Å². The predicted octanol–water partition coefficient (Wildman–Crippen LogP) is 2.26. The van der Waals surface area contributed by atoms with Crippen LogP contribution >= 0.6 is 0 Å². The van der Waals surface area contributed by atoms with Gasteiger partial charge < -0.3 is 15.7 Å². The lowest BCUT2D eigenvalue weighted by molar-refractivity contribution is -0.115. The number of rotatable bonds is 6. The number of phenols is 1. The van der Waals surface area contributed by atoms with Crippen LogP contribution in [0.15, 0.2) is 42.5 Å². The van der Waals surface area contributed by atoms with Crippen LogP contribution in [0.1, 0.15) is 16.7 Å². The number of hydrogen-bond donors (Lipinski definition) is 3. The maximum Gasteiger partial charge on any atom is 0.228 e. The van der Waals surface area contributed by atoms with Gasteiger partial charge in [0.1, 0.15) is 5.75 Å². The average Bonchev–Trinajstić information content (AvgIpc) is 2.90. The maximum absolute atomic E-state index is 11.5. The normalized spacial score (nSPS) is 13.0. The first-order valence-electron chi connectivity index (χ1n) is 7.61. The number of carbonyl (C=O) groups is 1. The van der Waals surface area contributed by atoms with Gasteiger partial charge in [-0.05, 0) is 60.8 Å². The molecule has 0 atom stereocenters. The number of aromatic hydroxyl groups is 1. The molecule has 3 N–H and O–H groups in total. The van der Waals surface area contributed by atoms with Crippen molar-refractivity contribution in [3.63, 3.8) is 0 Å². The zero-order valence-corrected chi connectivity index (χ0v) is 12.4. The highest BCUT2D eigenvalue weighted by atomic mass is 16.3. The summed E-state index contributed by atoms with van der Waals surface area (Å²) in [7, 11) is 0. The molecule has 1 amide bonds. The molecule has 22 heavy (non-hydrogen) atoms. The topological polar surface area (TPSA) is 61.4 Å². The molecule has 1 aliphatic rings. The van der Waals surface area contributed by atoms with Crippen LogP contribution in [0.3, 0.4) is 0 Å². The maximum atomic E-state index is 11.5. The fraction of sp³-hybridized carbons (Fsp3) is 0.278.